The van der Waals surface area contributed by atoms with Crippen LogP contribution in [-0.2, 0) is 9.47 Å². The van der Waals surface area contributed by atoms with Gasteiger partial charge in [-0.1, -0.05) is 6.07 Å². The van der Waals surface area contributed by atoms with Crippen LogP contribution >= 0.6 is 0 Å². The summed E-state index contributed by atoms with van der Waals surface area (Å²) in [7, 11) is 4.77. The van der Waals surface area contributed by atoms with Crippen molar-refractivity contribution in [2.45, 2.75) is 13.2 Å². The number of fused-ring (bicyclic) bond motifs is 2. The second-order valence-electron chi connectivity index (χ2n) is 7.19. The summed E-state index contributed by atoms with van der Waals surface area (Å²) in [5.41, 5.74) is 4.47. The Bertz CT molecular complexity index is 1240. The molecule has 1 heterocycles. The van der Waals surface area contributed by atoms with Crippen LogP contribution in [0.5, 0.6) is 11.5 Å². The fourth-order valence-corrected chi connectivity index (χ4v) is 3.67. The molecular formula is C25H24O6. The van der Waals surface area contributed by atoms with Crippen molar-refractivity contribution < 1.29 is 23.4 Å². The van der Waals surface area contributed by atoms with Gasteiger partial charge in [0.25, 0.3) is 0 Å². The van der Waals surface area contributed by atoms with Gasteiger partial charge in [0.05, 0.1) is 7.11 Å². The molecule has 0 unspecified atom stereocenters. The maximum atomic E-state index is 12.0. The van der Waals surface area contributed by atoms with Crippen LogP contribution in [0.3, 0.4) is 0 Å². The average Bonchev–Trinajstić information content (AvgIpc) is 2.78. The van der Waals surface area contributed by atoms with E-state index in [0.29, 0.717) is 17.1 Å². The maximum absolute atomic E-state index is 12.0. The lowest BCUT2D eigenvalue weighted by atomic mass is 9.91. The minimum absolute atomic E-state index is 0.108. The van der Waals surface area contributed by atoms with Crippen LogP contribution in [-0.4, -0.2) is 34.2 Å². The number of hydrogen-bond acceptors (Lipinski definition) is 6. The van der Waals surface area contributed by atoms with E-state index in [9.17, 15) is 4.79 Å². The summed E-state index contributed by atoms with van der Waals surface area (Å²) in [6.07, 6.45) is -0.468. The molecule has 6 heteroatoms. The highest BCUT2D eigenvalue weighted by molar-refractivity contribution is 6.02. The van der Waals surface area contributed by atoms with E-state index in [1.54, 1.807) is 27.4 Å². The molecule has 0 N–H and O–H groups in total. The standard InChI is InChI=1S/C25H24O6/c1-15-11-17(27-2)6-9-19(15)25-20-8-5-16(26)12-22(20)31-23-13-18(7-10-21(23)25)30-14-24(28-3)29-4/h5-13,24H,14H2,1-4H3. The summed E-state index contributed by atoms with van der Waals surface area (Å²) in [6, 6.07) is 16.5. The van der Waals surface area contributed by atoms with Gasteiger partial charge in [0.1, 0.15) is 29.4 Å². The minimum Gasteiger partial charge on any atom is -0.497 e. The number of aryl methyl sites for hydroxylation is 1. The van der Waals surface area contributed by atoms with Gasteiger partial charge in [-0.15, -0.1) is 0 Å². The topological polar surface area (TPSA) is 67.1 Å². The molecule has 6 nitrogen and oxygen atoms in total. The first-order valence-corrected chi connectivity index (χ1v) is 9.88. The second kappa shape index (κ2) is 8.79. The van der Waals surface area contributed by atoms with Gasteiger partial charge >= 0.3 is 0 Å². The van der Waals surface area contributed by atoms with E-state index >= 15 is 0 Å². The highest BCUT2D eigenvalue weighted by atomic mass is 16.7. The summed E-state index contributed by atoms with van der Waals surface area (Å²) < 4.78 is 27.6. The van der Waals surface area contributed by atoms with Gasteiger partial charge in [-0.25, -0.2) is 0 Å². The molecule has 0 radical (unpaired) electrons. The minimum atomic E-state index is -0.468. The van der Waals surface area contributed by atoms with Crippen molar-refractivity contribution in [1.29, 1.82) is 0 Å². The third-order valence-electron chi connectivity index (χ3n) is 5.28. The molecule has 2 aromatic rings. The molecule has 0 atom stereocenters. The van der Waals surface area contributed by atoms with Crippen LogP contribution in [0.15, 0.2) is 63.8 Å². The van der Waals surface area contributed by atoms with E-state index in [1.807, 2.05) is 49.4 Å². The first-order chi connectivity index (χ1) is 15.0. The van der Waals surface area contributed by atoms with Crippen LogP contribution in [0, 0.1) is 6.92 Å². The zero-order chi connectivity index (χ0) is 22.0. The van der Waals surface area contributed by atoms with Gasteiger partial charge < -0.3 is 23.4 Å². The molecule has 31 heavy (non-hydrogen) atoms. The van der Waals surface area contributed by atoms with Crippen molar-refractivity contribution in [3.8, 4) is 33.9 Å². The van der Waals surface area contributed by atoms with Crippen molar-refractivity contribution in [1.82, 2.24) is 0 Å². The Labute approximate surface area is 180 Å². The zero-order valence-electron chi connectivity index (χ0n) is 17.9. The normalized spacial score (nSPS) is 11.4. The van der Waals surface area contributed by atoms with E-state index in [0.717, 1.165) is 33.4 Å². The molecule has 1 aliphatic carbocycles. The Morgan fingerprint density at radius 3 is 2.32 bits per heavy atom. The van der Waals surface area contributed by atoms with Gasteiger partial charge in [-0.05, 0) is 54.4 Å². The first kappa shape index (κ1) is 20.9. The van der Waals surface area contributed by atoms with Gasteiger partial charge in [-0.3, -0.25) is 4.79 Å². The van der Waals surface area contributed by atoms with Crippen LogP contribution in [0.25, 0.3) is 33.4 Å². The summed E-state index contributed by atoms with van der Waals surface area (Å²) in [6.45, 7) is 2.27. The van der Waals surface area contributed by atoms with E-state index < -0.39 is 6.29 Å². The molecule has 2 aromatic carbocycles. The molecule has 0 aromatic heterocycles. The van der Waals surface area contributed by atoms with E-state index in [4.69, 9.17) is 23.4 Å². The number of ether oxygens (including phenoxy) is 4. The summed E-state index contributed by atoms with van der Waals surface area (Å²) in [5.74, 6) is 1.93. The Morgan fingerprint density at radius 1 is 0.871 bits per heavy atom. The molecule has 2 aliphatic rings. The van der Waals surface area contributed by atoms with Crippen molar-refractivity contribution in [2.75, 3.05) is 27.9 Å². The quantitative estimate of drug-likeness (QED) is 0.314. The lowest BCUT2D eigenvalue weighted by molar-refractivity contribution is -0.121. The number of rotatable bonds is 7. The Kier molecular flexibility index (Phi) is 5.93. The van der Waals surface area contributed by atoms with E-state index in [-0.39, 0.29) is 12.0 Å². The number of benzene rings is 3. The molecule has 4 rings (SSSR count). The smallest absolute Gasteiger partial charge is 0.191 e. The average molecular weight is 420 g/mol. The second-order valence-corrected chi connectivity index (χ2v) is 7.19. The van der Waals surface area contributed by atoms with E-state index in [1.165, 1.54) is 6.07 Å². The molecule has 0 saturated carbocycles. The SMILES string of the molecule is COc1ccc(-c2c3ccc(=O)cc-3oc3cc(OCC(OC)OC)ccc23)c(C)c1. The van der Waals surface area contributed by atoms with Crippen molar-refractivity contribution >= 4 is 11.0 Å². The Balaban J connectivity index is 1.90. The Morgan fingerprint density at radius 2 is 1.61 bits per heavy atom. The molecule has 0 bridgehead atoms. The van der Waals surface area contributed by atoms with Gasteiger partial charge in [-0.2, -0.15) is 0 Å². The highest BCUT2D eigenvalue weighted by Crippen LogP contribution is 2.42. The van der Waals surface area contributed by atoms with E-state index in [2.05, 4.69) is 0 Å². The Hall–Kier alpha value is -3.35. The van der Waals surface area contributed by atoms with Crippen LogP contribution in [0.4, 0.5) is 0 Å². The largest absolute Gasteiger partial charge is 0.497 e. The third kappa shape index (κ3) is 4.13. The highest BCUT2D eigenvalue weighted by Gasteiger charge is 2.19. The predicted octanol–water partition coefficient (Wildman–Crippen LogP) is 4.88. The first-order valence-electron chi connectivity index (χ1n) is 9.88. The van der Waals surface area contributed by atoms with Crippen LogP contribution in [0.1, 0.15) is 5.56 Å². The van der Waals surface area contributed by atoms with Gasteiger partial charge in [0.15, 0.2) is 11.7 Å². The third-order valence-corrected chi connectivity index (χ3v) is 5.28. The molecule has 160 valence electrons. The lowest BCUT2D eigenvalue weighted by Gasteiger charge is -2.18. The zero-order valence-corrected chi connectivity index (χ0v) is 17.9. The van der Waals surface area contributed by atoms with Gasteiger partial charge in [0.2, 0.25) is 0 Å². The maximum Gasteiger partial charge on any atom is 0.191 e. The molecule has 1 aliphatic heterocycles. The number of hydrogen-bond donors (Lipinski definition) is 0. The fourth-order valence-electron chi connectivity index (χ4n) is 3.67. The molecule has 0 fully saturated rings. The molecule has 0 amide bonds. The summed E-state index contributed by atoms with van der Waals surface area (Å²) in [4.78, 5) is 12.0. The fraction of sp³-hybridized carbons (Fsp3) is 0.240. The molecular weight excluding hydrogens is 396 g/mol. The molecule has 0 spiro atoms. The van der Waals surface area contributed by atoms with Crippen molar-refractivity contribution in [2.24, 2.45) is 0 Å². The number of methoxy groups -OCH3 is 3. The summed E-state index contributed by atoms with van der Waals surface area (Å²) >= 11 is 0. The summed E-state index contributed by atoms with van der Waals surface area (Å²) in [5, 5.41) is 0.918. The lowest BCUT2D eigenvalue weighted by Crippen LogP contribution is -2.21. The van der Waals surface area contributed by atoms with Crippen molar-refractivity contribution in [3.63, 3.8) is 0 Å². The van der Waals surface area contributed by atoms with Crippen molar-refractivity contribution in [3.05, 3.63) is 70.4 Å². The van der Waals surface area contributed by atoms with Gasteiger partial charge in [0, 0.05) is 42.9 Å². The molecule has 0 saturated heterocycles. The van der Waals surface area contributed by atoms with Crippen LogP contribution in [0.2, 0.25) is 0 Å². The van der Waals surface area contributed by atoms with Crippen LogP contribution < -0.4 is 14.9 Å². The predicted molar refractivity (Wildman–Crippen MR) is 119 cm³/mol. The monoisotopic (exact) mass is 420 g/mol.